The van der Waals surface area contributed by atoms with Crippen molar-refractivity contribution in [1.82, 2.24) is 10.6 Å². The summed E-state index contributed by atoms with van der Waals surface area (Å²) in [5, 5.41) is 9.10. The first-order valence-electron chi connectivity index (χ1n) is 11.4. The molecule has 3 amide bonds. The number of urea groups is 1. The predicted octanol–water partition coefficient (Wildman–Crippen LogP) is 4.38. The summed E-state index contributed by atoms with van der Waals surface area (Å²) in [5.41, 5.74) is 1.72. The normalized spacial score (nSPS) is 29.0. The van der Waals surface area contributed by atoms with Gasteiger partial charge in [-0.1, -0.05) is 0 Å². The van der Waals surface area contributed by atoms with E-state index in [1.54, 1.807) is 0 Å². The fourth-order valence-electron chi connectivity index (χ4n) is 6.17. The van der Waals surface area contributed by atoms with E-state index in [9.17, 15) is 9.59 Å². The maximum atomic E-state index is 12.5. The lowest BCUT2D eigenvalue weighted by Crippen LogP contribution is -2.61. The van der Waals surface area contributed by atoms with Gasteiger partial charge in [0.05, 0.1) is 6.10 Å². The van der Waals surface area contributed by atoms with Crippen LogP contribution in [0.2, 0.25) is 0 Å². The molecular weight excluding hydrogens is 378 g/mol. The summed E-state index contributed by atoms with van der Waals surface area (Å²) in [6.45, 7) is 6.24. The van der Waals surface area contributed by atoms with Crippen LogP contribution < -0.4 is 20.7 Å². The number of benzene rings is 1. The first-order valence-corrected chi connectivity index (χ1v) is 11.4. The van der Waals surface area contributed by atoms with Gasteiger partial charge in [0.25, 0.3) is 0 Å². The third-order valence-corrected chi connectivity index (χ3v) is 6.90. The van der Waals surface area contributed by atoms with Gasteiger partial charge in [0.1, 0.15) is 5.75 Å². The second kappa shape index (κ2) is 8.48. The molecule has 3 N–H and O–H groups in total. The van der Waals surface area contributed by atoms with Crippen molar-refractivity contribution >= 4 is 17.6 Å². The summed E-state index contributed by atoms with van der Waals surface area (Å²) >= 11 is 0. The number of hydrogen-bond donors (Lipinski definition) is 3. The average molecular weight is 414 g/mol. The highest BCUT2D eigenvalue weighted by Crippen LogP contribution is 2.55. The molecule has 4 saturated carbocycles. The van der Waals surface area contributed by atoms with Crippen LogP contribution in [-0.2, 0) is 4.79 Å². The SMILES string of the molecule is Cc1cc(OC(C)C)ccc1NC(=O)CCNC(=O)NC12CC3CC(CC(C3)C1)C2. The molecule has 0 radical (unpaired) electrons. The van der Waals surface area contributed by atoms with Gasteiger partial charge in [-0.3, -0.25) is 4.79 Å². The molecule has 4 fully saturated rings. The third-order valence-electron chi connectivity index (χ3n) is 6.90. The molecule has 0 aliphatic heterocycles. The lowest BCUT2D eigenvalue weighted by molar-refractivity contribution is -0.116. The van der Waals surface area contributed by atoms with Crippen molar-refractivity contribution in [2.24, 2.45) is 17.8 Å². The van der Waals surface area contributed by atoms with Gasteiger partial charge >= 0.3 is 6.03 Å². The van der Waals surface area contributed by atoms with Crippen LogP contribution in [0.25, 0.3) is 0 Å². The molecule has 30 heavy (non-hydrogen) atoms. The molecule has 0 heterocycles. The van der Waals surface area contributed by atoms with E-state index in [0.29, 0.717) is 6.54 Å². The van der Waals surface area contributed by atoms with Crippen LogP contribution in [0.1, 0.15) is 64.4 Å². The van der Waals surface area contributed by atoms with E-state index in [1.807, 2.05) is 39.0 Å². The lowest BCUT2D eigenvalue weighted by Gasteiger charge is -2.56. The Balaban J connectivity index is 1.21. The Labute approximate surface area is 179 Å². The van der Waals surface area contributed by atoms with Crippen molar-refractivity contribution in [3.8, 4) is 5.75 Å². The quantitative estimate of drug-likeness (QED) is 0.621. The minimum atomic E-state index is -0.129. The minimum absolute atomic E-state index is 0.00198. The van der Waals surface area contributed by atoms with E-state index in [2.05, 4.69) is 16.0 Å². The molecule has 4 bridgehead atoms. The van der Waals surface area contributed by atoms with Crippen LogP contribution in [0.4, 0.5) is 10.5 Å². The van der Waals surface area contributed by atoms with Crippen LogP contribution in [0, 0.1) is 24.7 Å². The zero-order valence-electron chi connectivity index (χ0n) is 18.4. The maximum absolute atomic E-state index is 12.5. The van der Waals surface area contributed by atoms with E-state index in [1.165, 1.54) is 19.3 Å². The Morgan fingerprint density at radius 3 is 2.30 bits per heavy atom. The van der Waals surface area contributed by atoms with Crippen molar-refractivity contribution in [2.75, 3.05) is 11.9 Å². The molecular formula is C24H35N3O3. The van der Waals surface area contributed by atoms with Gasteiger partial charge < -0.3 is 20.7 Å². The number of rotatable bonds is 7. The fraction of sp³-hybridized carbons (Fsp3) is 0.667. The van der Waals surface area contributed by atoms with Crippen molar-refractivity contribution in [2.45, 2.75) is 77.4 Å². The smallest absolute Gasteiger partial charge is 0.315 e. The first kappa shape index (κ1) is 21.0. The zero-order valence-corrected chi connectivity index (χ0v) is 18.4. The number of ether oxygens (including phenoxy) is 1. The standard InChI is InChI=1S/C24H35N3O3/c1-15(2)30-20-4-5-21(16(3)8-20)26-22(28)6-7-25-23(29)27-24-12-17-9-18(13-24)11-19(10-17)14-24/h4-5,8,15,17-19H,6-7,9-14H2,1-3H3,(H,26,28)(H2,25,27,29). The number of carbonyl (C=O) groups is 2. The van der Waals surface area contributed by atoms with Gasteiger partial charge in [-0.2, -0.15) is 0 Å². The number of aryl methyl sites for hydroxylation is 1. The van der Waals surface area contributed by atoms with E-state index in [0.717, 1.165) is 54.0 Å². The predicted molar refractivity (Wildman–Crippen MR) is 118 cm³/mol. The number of hydrogen-bond acceptors (Lipinski definition) is 3. The van der Waals surface area contributed by atoms with Crippen LogP contribution in [-0.4, -0.2) is 30.1 Å². The highest BCUT2D eigenvalue weighted by molar-refractivity contribution is 5.92. The average Bonchev–Trinajstić information content (AvgIpc) is 2.62. The van der Waals surface area contributed by atoms with E-state index in [-0.39, 0.29) is 30.0 Å². The molecule has 0 unspecified atom stereocenters. The Hall–Kier alpha value is -2.24. The summed E-state index contributed by atoms with van der Waals surface area (Å²) < 4.78 is 5.68. The minimum Gasteiger partial charge on any atom is -0.491 e. The number of amides is 3. The topological polar surface area (TPSA) is 79.5 Å². The molecule has 0 aromatic heterocycles. The largest absolute Gasteiger partial charge is 0.491 e. The van der Waals surface area contributed by atoms with Crippen molar-refractivity contribution in [3.05, 3.63) is 23.8 Å². The Morgan fingerprint density at radius 2 is 1.73 bits per heavy atom. The molecule has 1 aromatic rings. The summed E-state index contributed by atoms with van der Waals surface area (Å²) in [7, 11) is 0. The highest BCUT2D eigenvalue weighted by atomic mass is 16.5. The second-order valence-electron chi connectivity index (χ2n) is 10.0. The number of anilines is 1. The van der Waals surface area contributed by atoms with Gasteiger partial charge in [0, 0.05) is 24.2 Å². The molecule has 6 heteroatoms. The molecule has 5 rings (SSSR count). The first-order chi connectivity index (χ1) is 14.3. The summed E-state index contributed by atoms with van der Waals surface area (Å²) in [6.07, 6.45) is 7.80. The summed E-state index contributed by atoms with van der Waals surface area (Å²) in [5.74, 6) is 3.07. The van der Waals surface area contributed by atoms with Crippen molar-refractivity contribution in [1.29, 1.82) is 0 Å². The summed E-state index contributed by atoms with van der Waals surface area (Å²) in [6, 6.07) is 5.51. The van der Waals surface area contributed by atoms with Crippen molar-refractivity contribution in [3.63, 3.8) is 0 Å². The van der Waals surface area contributed by atoms with Crippen LogP contribution in [0.5, 0.6) is 5.75 Å². The molecule has 4 aliphatic carbocycles. The zero-order chi connectivity index (χ0) is 21.3. The number of nitrogens with one attached hydrogen (secondary N) is 3. The van der Waals surface area contributed by atoms with Crippen LogP contribution >= 0.6 is 0 Å². The molecule has 4 aliphatic rings. The number of carbonyl (C=O) groups excluding carboxylic acids is 2. The van der Waals surface area contributed by atoms with Gasteiger partial charge in [0.15, 0.2) is 0 Å². The summed E-state index contributed by atoms with van der Waals surface area (Å²) in [4.78, 5) is 24.8. The molecule has 0 spiro atoms. The van der Waals surface area contributed by atoms with E-state index < -0.39 is 0 Å². The monoisotopic (exact) mass is 413 g/mol. The van der Waals surface area contributed by atoms with Gasteiger partial charge in [-0.15, -0.1) is 0 Å². The molecule has 1 aromatic carbocycles. The third kappa shape index (κ3) is 4.90. The van der Waals surface area contributed by atoms with Crippen molar-refractivity contribution < 1.29 is 14.3 Å². The van der Waals surface area contributed by atoms with Gasteiger partial charge in [-0.05, 0) is 101 Å². The lowest BCUT2D eigenvalue weighted by atomic mass is 9.53. The highest BCUT2D eigenvalue weighted by Gasteiger charge is 2.51. The molecule has 6 nitrogen and oxygen atoms in total. The van der Waals surface area contributed by atoms with Crippen LogP contribution in [0.3, 0.4) is 0 Å². The molecule has 0 saturated heterocycles. The fourth-order valence-corrected chi connectivity index (χ4v) is 6.17. The Morgan fingerprint density at radius 1 is 1.10 bits per heavy atom. The second-order valence-corrected chi connectivity index (χ2v) is 10.0. The molecule has 164 valence electrons. The van der Waals surface area contributed by atoms with E-state index in [4.69, 9.17) is 4.74 Å². The van der Waals surface area contributed by atoms with Gasteiger partial charge in [-0.25, -0.2) is 4.79 Å². The Bertz CT molecular complexity index is 770. The van der Waals surface area contributed by atoms with Crippen LogP contribution in [0.15, 0.2) is 18.2 Å². The van der Waals surface area contributed by atoms with E-state index >= 15 is 0 Å². The van der Waals surface area contributed by atoms with Gasteiger partial charge in [0.2, 0.25) is 5.91 Å². The maximum Gasteiger partial charge on any atom is 0.315 e. The Kier molecular flexibility index (Phi) is 5.94. The molecule has 0 atom stereocenters.